The third-order valence-electron chi connectivity index (χ3n) is 5.76. The highest BCUT2D eigenvalue weighted by Crippen LogP contribution is 2.62. The van der Waals surface area contributed by atoms with E-state index in [-0.39, 0.29) is 11.9 Å². The van der Waals surface area contributed by atoms with Crippen molar-refractivity contribution >= 4 is 40.1 Å². The van der Waals surface area contributed by atoms with Gasteiger partial charge in [-0.3, -0.25) is 9.48 Å². The van der Waals surface area contributed by atoms with Gasteiger partial charge in [0, 0.05) is 22.8 Å². The molecule has 2 aliphatic carbocycles. The second-order valence-electron chi connectivity index (χ2n) is 7.16. The van der Waals surface area contributed by atoms with Crippen LogP contribution in [0.1, 0.15) is 42.6 Å². The predicted molar refractivity (Wildman–Crippen MR) is 107 cm³/mol. The first kappa shape index (κ1) is 17.3. The van der Waals surface area contributed by atoms with Gasteiger partial charge in [-0.1, -0.05) is 18.5 Å². The Morgan fingerprint density at radius 1 is 1.36 bits per heavy atom. The Morgan fingerprint density at radius 3 is 2.60 bits per heavy atom. The van der Waals surface area contributed by atoms with Crippen molar-refractivity contribution in [1.29, 1.82) is 0 Å². The lowest BCUT2D eigenvalue weighted by atomic mass is 9.99. The van der Waals surface area contributed by atoms with Crippen molar-refractivity contribution in [2.45, 2.75) is 38.3 Å². The summed E-state index contributed by atoms with van der Waals surface area (Å²) in [5, 5.41) is 8.37. The van der Waals surface area contributed by atoms with Gasteiger partial charge in [0.25, 0.3) is 5.91 Å². The van der Waals surface area contributed by atoms with Crippen LogP contribution in [0.15, 0.2) is 36.7 Å². The number of halogens is 2. The summed E-state index contributed by atoms with van der Waals surface area (Å²) in [6, 6.07) is 7.88. The number of hydrogen-bond acceptors (Lipinski definition) is 2. The lowest BCUT2D eigenvalue weighted by Crippen LogP contribution is -2.37. The Hall–Kier alpha value is -1.08. The Morgan fingerprint density at radius 2 is 2.04 bits per heavy atom. The average molecular weight is 470 g/mol. The number of benzene rings is 1. The van der Waals surface area contributed by atoms with Crippen LogP contribution in [0.3, 0.4) is 0 Å². The number of carbonyl (C=O) groups excluding carboxylic acids is 1. The van der Waals surface area contributed by atoms with Crippen molar-refractivity contribution in [2.75, 3.05) is 0 Å². The van der Waals surface area contributed by atoms with Crippen LogP contribution < -0.4 is 5.32 Å². The molecular weight excluding hydrogens is 449 g/mol. The van der Waals surface area contributed by atoms with Gasteiger partial charge in [-0.2, -0.15) is 5.10 Å². The van der Waals surface area contributed by atoms with Crippen molar-refractivity contribution in [3.05, 3.63) is 50.8 Å². The molecule has 1 aromatic heterocycles. The minimum Gasteiger partial charge on any atom is -0.349 e. The maximum absolute atomic E-state index is 12.5. The summed E-state index contributed by atoms with van der Waals surface area (Å²) in [5.41, 5.74) is 0.678. The second kappa shape index (κ2) is 6.91. The standard InChI is InChI=1S/C19H21ClIN3O/c1-2-17(23-19(25)11-3-5-12(20)6-4-11)18-15-7-14(8-16(15)18)24-10-13(21)9-22-24/h3-6,9-10,14-18H,2,7-8H2,1H3,(H,23,25)/t14?,15-,16+,17?,18?. The van der Waals surface area contributed by atoms with Crippen LogP contribution in [-0.4, -0.2) is 21.7 Å². The molecule has 0 aliphatic heterocycles. The van der Waals surface area contributed by atoms with Gasteiger partial charge in [0.05, 0.1) is 15.8 Å². The summed E-state index contributed by atoms with van der Waals surface area (Å²) in [7, 11) is 0. The first-order valence-corrected chi connectivity index (χ1v) is 10.3. The Kier molecular flexibility index (Phi) is 4.79. The number of aromatic nitrogens is 2. The van der Waals surface area contributed by atoms with Crippen LogP contribution in [0.5, 0.6) is 0 Å². The van der Waals surface area contributed by atoms with Gasteiger partial charge >= 0.3 is 0 Å². The van der Waals surface area contributed by atoms with E-state index in [0.717, 1.165) is 18.3 Å². The fourth-order valence-corrected chi connectivity index (χ4v) is 5.05. The largest absolute Gasteiger partial charge is 0.349 e. The zero-order chi connectivity index (χ0) is 17.6. The highest BCUT2D eigenvalue weighted by molar-refractivity contribution is 14.1. The molecule has 6 heteroatoms. The summed E-state index contributed by atoms with van der Waals surface area (Å²) < 4.78 is 3.31. The molecule has 132 valence electrons. The summed E-state index contributed by atoms with van der Waals surface area (Å²) in [6.07, 6.45) is 7.38. The number of rotatable bonds is 5. The van der Waals surface area contributed by atoms with Crippen molar-refractivity contribution in [3.8, 4) is 0 Å². The van der Waals surface area contributed by atoms with Crippen LogP contribution >= 0.6 is 34.2 Å². The van der Waals surface area contributed by atoms with E-state index in [0.29, 0.717) is 22.5 Å². The maximum atomic E-state index is 12.5. The van der Waals surface area contributed by atoms with Gasteiger partial charge in [-0.15, -0.1) is 0 Å². The lowest BCUT2D eigenvalue weighted by molar-refractivity contribution is 0.0926. The second-order valence-corrected chi connectivity index (χ2v) is 8.85. The van der Waals surface area contributed by atoms with E-state index >= 15 is 0 Å². The quantitative estimate of drug-likeness (QED) is 0.653. The number of hydrogen-bond donors (Lipinski definition) is 1. The van der Waals surface area contributed by atoms with Crippen LogP contribution in [-0.2, 0) is 0 Å². The zero-order valence-electron chi connectivity index (χ0n) is 14.0. The first-order valence-electron chi connectivity index (χ1n) is 8.83. The molecular formula is C19H21ClIN3O. The molecule has 1 N–H and O–H groups in total. The van der Waals surface area contributed by atoms with Gasteiger partial charge in [-0.05, 0) is 83.9 Å². The monoisotopic (exact) mass is 469 g/mol. The molecule has 0 bridgehead atoms. The molecule has 25 heavy (non-hydrogen) atoms. The summed E-state index contributed by atoms with van der Waals surface area (Å²) in [6.45, 7) is 2.16. The topological polar surface area (TPSA) is 46.9 Å². The SMILES string of the molecule is CCC(NC(=O)c1ccc(Cl)cc1)C1[C@H]2CC(n3cc(I)cn3)C[C@@H]12. The maximum Gasteiger partial charge on any atom is 0.251 e. The van der Waals surface area contributed by atoms with Crippen molar-refractivity contribution in [1.82, 2.24) is 15.1 Å². The van der Waals surface area contributed by atoms with Gasteiger partial charge in [-0.25, -0.2) is 0 Å². The Balaban J connectivity index is 1.36. The minimum atomic E-state index is 0.00618. The van der Waals surface area contributed by atoms with Crippen molar-refractivity contribution in [2.24, 2.45) is 17.8 Å². The summed E-state index contributed by atoms with van der Waals surface area (Å²) >= 11 is 8.21. The van der Waals surface area contributed by atoms with E-state index in [2.05, 4.69) is 50.8 Å². The van der Waals surface area contributed by atoms with Gasteiger partial charge < -0.3 is 5.32 Å². The number of amides is 1. The molecule has 2 aliphatic rings. The smallest absolute Gasteiger partial charge is 0.251 e. The molecule has 1 heterocycles. The average Bonchev–Trinajstić information content (AvgIpc) is 2.95. The molecule has 0 spiro atoms. The molecule has 0 saturated heterocycles. The highest BCUT2D eigenvalue weighted by atomic mass is 127. The van der Waals surface area contributed by atoms with Crippen LogP contribution in [0.25, 0.3) is 0 Å². The van der Waals surface area contributed by atoms with Gasteiger partial charge in [0.1, 0.15) is 0 Å². The van der Waals surface area contributed by atoms with Crippen LogP contribution in [0, 0.1) is 21.3 Å². The van der Waals surface area contributed by atoms with Crippen molar-refractivity contribution < 1.29 is 4.79 Å². The minimum absolute atomic E-state index is 0.00618. The van der Waals surface area contributed by atoms with Crippen LogP contribution in [0.2, 0.25) is 5.02 Å². The molecule has 2 fully saturated rings. The van der Waals surface area contributed by atoms with E-state index in [9.17, 15) is 4.79 Å². The molecule has 1 aromatic carbocycles. The molecule has 3 unspecified atom stereocenters. The van der Waals surface area contributed by atoms with Gasteiger partial charge in [0.2, 0.25) is 0 Å². The Labute approximate surface area is 166 Å². The van der Waals surface area contributed by atoms with E-state index in [1.165, 1.54) is 16.4 Å². The Bertz CT molecular complexity index is 763. The predicted octanol–water partition coefficient (Wildman–Crippen LogP) is 4.55. The molecule has 2 aromatic rings. The third kappa shape index (κ3) is 3.45. The summed E-state index contributed by atoms with van der Waals surface area (Å²) in [5.74, 6) is 2.07. The molecule has 1 amide bonds. The van der Waals surface area contributed by atoms with Gasteiger partial charge in [0.15, 0.2) is 0 Å². The summed E-state index contributed by atoms with van der Waals surface area (Å²) in [4.78, 5) is 12.5. The number of nitrogens with zero attached hydrogens (tertiary/aromatic N) is 2. The van der Waals surface area contributed by atoms with E-state index in [1.54, 1.807) is 24.3 Å². The number of carbonyl (C=O) groups is 1. The molecule has 0 radical (unpaired) electrons. The third-order valence-corrected chi connectivity index (χ3v) is 6.57. The molecule has 2 saturated carbocycles. The molecule has 5 atom stereocenters. The number of nitrogens with one attached hydrogen (secondary N) is 1. The molecule has 4 nitrogen and oxygen atoms in total. The van der Waals surface area contributed by atoms with E-state index in [1.807, 2.05) is 6.20 Å². The van der Waals surface area contributed by atoms with E-state index in [4.69, 9.17) is 11.6 Å². The number of fused-ring (bicyclic) bond motifs is 1. The fraction of sp³-hybridized carbons (Fsp3) is 0.474. The first-order chi connectivity index (χ1) is 12.1. The van der Waals surface area contributed by atoms with Crippen LogP contribution in [0.4, 0.5) is 0 Å². The fourth-order valence-electron chi connectivity index (χ4n) is 4.51. The van der Waals surface area contributed by atoms with Crippen molar-refractivity contribution in [3.63, 3.8) is 0 Å². The highest BCUT2D eigenvalue weighted by Gasteiger charge is 2.59. The lowest BCUT2D eigenvalue weighted by Gasteiger charge is -2.21. The molecule has 4 rings (SSSR count). The van der Waals surface area contributed by atoms with E-state index < -0.39 is 0 Å². The normalized spacial score (nSPS) is 28.4. The zero-order valence-corrected chi connectivity index (χ0v) is 16.9.